The number of alkyl halides is 2. The minimum Gasteiger partial charge on any atom is -0.469 e. The molecule has 0 aliphatic carbocycles. The first-order valence-corrected chi connectivity index (χ1v) is 10.9. The van der Waals surface area contributed by atoms with Crippen molar-refractivity contribution < 1.29 is 28.6 Å². The van der Waals surface area contributed by atoms with Crippen LogP contribution in [-0.4, -0.2) is 55.7 Å². The van der Waals surface area contributed by atoms with E-state index in [4.69, 9.17) is 44.3 Å². The number of methoxy groups -OCH3 is 2. The molecule has 0 amide bonds. The van der Waals surface area contributed by atoms with E-state index in [-0.39, 0.29) is 11.9 Å². The lowest BCUT2D eigenvalue weighted by Crippen LogP contribution is -2.60. The summed E-state index contributed by atoms with van der Waals surface area (Å²) in [6, 6.07) is 8.59. The van der Waals surface area contributed by atoms with Gasteiger partial charge >= 0.3 is 17.9 Å². The highest BCUT2D eigenvalue weighted by molar-refractivity contribution is 6.40. The Labute approximate surface area is 206 Å². The van der Waals surface area contributed by atoms with Crippen molar-refractivity contribution in [3.8, 4) is 12.1 Å². The SMILES string of the molecule is CCOC(=O)[C@@H]1N[C@@](CC(=O)OC)(C(=O)OC)C(C#N)(C#N)[C@H]1c1ccc(Cl)cc1.ClCCl. The van der Waals surface area contributed by atoms with Gasteiger partial charge in [0.2, 0.25) is 0 Å². The van der Waals surface area contributed by atoms with Gasteiger partial charge in [-0.2, -0.15) is 10.5 Å². The van der Waals surface area contributed by atoms with Crippen LogP contribution in [0.2, 0.25) is 5.02 Å². The smallest absolute Gasteiger partial charge is 0.329 e. The Bertz CT molecular complexity index is 930. The number of benzene rings is 1. The molecule has 0 spiro atoms. The van der Waals surface area contributed by atoms with E-state index in [1.54, 1.807) is 6.92 Å². The second-order valence-electron chi connectivity index (χ2n) is 6.69. The molecule has 1 N–H and O–H groups in total. The van der Waals surface area contributed by atoms with Gasteiger partial charge in [0.05, 0.1) is 44.7 Å². The van der Waals surface area contributed by atoms with E-state index in [1.165, 1.54) is 24.3 Å². The number of rotatable bonds is 6. The fraction of sp³-hybridized carbons (Fsp3) is 0.476. The van der Waals surface area contributed by atoms with E-state index in [2.05, 4.69) is 10.1 Å². The summed E-state index contributed by atoms with van der Waals surface area (Å²) in [5, 5.41) is 23.6. The zero-order valence-corrected chi connectivity index (χ0v) is 20.3. The molecule has 1 aliphatic heterocycles. The molecule has 12 heteroatoms. The Morgan fingerprint density at radius 2 is 1.64 bits per heavy atom. The topological polar surface area (TPSA) is 139 Å². The van der Waals surface area contributed by atoms with Crippen molar-refractivity contribution in [2.75, 3.05) is 26.2 Å². The Kier molecular flexibility index (Phi) is 10.9. The minimum atomic E-state index is -2.21. The fourth-order valence-electron chi connectivity index (χ4n) is 3.82. The van der Waals surface area contributed by atoms with Crippen molar-refractivity contribution in [2.24, 2.45) is 5.41 Å². The molecule has 0 bridgehead atoms. The van der Waals surface area contributed by atoms with Gasteiger partial charge < -0.3 is 14.2 Å². The summed E-state index contributed by atoms with van der Waals surface area (Å²) in [4.78, 5) is 37.9. The van der Waals surface area contributed by atoms with E-state index in [9.17, 15) is 24.9 Å². The van der Waals surface area contributed by atoms with Gasteiger partial charge in [-0.25, -0.2) is 4.79 Å². The number of halogens is 3. The molecule has 1 saturated heterocycles. The molecule has 0 radical (unpaired) electrons. The number of carbonyl (C=O) groups excluding carboxylic acids is 3. The average Bonchev–Trinajstić information content (AvgIpc) is 3.10. The largest absolute Gasteiger partial charge is 0.469 e. The van der Waals surface area contributed by atoms with Gasteiger partial charge in [-0.1, -0.05) is 23.7 Å². The third kappa shape index (κ3) is 5.51. The lowest BCUT2D eigenvalue weighted by molar-refractivity contribution is -0.157. The summed E-state index contributed by atoms with van der Waals surface area (Å²) in [6.07, 6.45) is -0.711. The summed E-state index contributed by atoms with van der Waals surface area (Å²) < 4.78 is 14.6. The number of carbonyl (C=O) groups is 3. The van der Waals surface area contributed by atoms with Crippen LogP contribution < -0.4 is 5.32 Å². The Hall–Kier alpha value is -2.56. The molecule has 1 fully saturated rings. The molecule has 3 atom stereocenters. The van der Waals surface area contributed by atoms with Crippen molar-refractivity contribution in [2.45, 2.75) is 30.8 Å². The maximum Gasteiger partial charge on any atom is 0.329 e. The lowest BCUT2D eigenvalue weighted by Gasteiger charge is -2.35. The van der Waals surface area contributed by atoms with Crippen LogP contribution in [0.3, 0.4) is 0 Å². The third-order valence-electron chi connectivity index (χ3n) is 5.17. The second kappa shape index (κ2) is 12.6. The molecule has 9 nitrogen and oxygen atoms in total. The molecule has 178 valence electrons. The van der Waals surface area contributed by atoms with Crippen molar-refractivity contribution in [1.82, 2.24) is 5.32 Å². The molecular formula is C21H22Cl3N3O6. The normalized spacial score (nSPS) is 22.5. The van der Waals surface area contributed by atoms with Gasteiger partial charge in [-0.05, 0) is 24.6 Å². The predicted molar refractivity (Wildman–Crippen MR) is 119 cm³/mol. The third-order valence-corrected chi connectivity index (χ3v) is 5.42. The first-order valence-electron chi connectivity index (χ1n) is 9.47. The molecule has 2 rings (SSSR count). The first kappa shape index (κ1) is 28.5. The van der Waals surface area contributed by atoms with E-state index in [0.29, 0.717) is 10.6 Å². The van der Waals surface area contributed by atoms with E-state index in [1.807, 2.05) is 12.1 Å². The summed E-state index contributed by atoms with van der Waals surface area (Å²) in [6.45, 7) is 1.62. The van der Waals surface area contributed by atoms with E-state index < -0.39 is 47.2 Å². The van der Waals surface area contributed by atoms with Crippen LogP contribution in [0.15, 0.2) is 24.3 Å². The average molecular weight is 519 g/mol. The highest BCUT2D eigenvalue weighted by atomic mass is 35.5. The molecule has 1 aromatic rings. The van der Waals surface area contributed by atoms with Gasteiger partial charge in [0.15, 0.2) is 11.0 Å². The number of esters is 3. The summed E-state index contributed by atoms with van der Waals surface area (Å²) in [5.41, 5.74) is -4.01. The molecule has 1 heterocycles. The van der Waals surface area contributed by atoms with Crippen molar-refractivity contribution >= 4 is 52.7 Å². The number of hydrogen-bond donors (Lipinski definition) is 1. The maximum absolute atomic E-state index is 12.9. The first-order chi connectivity index (χ1) is 15.7. The van der Waals surface area contributed by atoms with Crippen LogP contribution in [0, 0.1) is 28.1 Å². The standard InChI is InChI=1S/C20H20ClN3O6.CH2Cl2/c1-4-30-17(26)16-15(12-5-7-13(21)8-6-12)19(10-22,11-23)20(24-16,18(27)29-3)9-14(25)28-2;2-1-3/h5-8,15-16,24H,4,9H2,1-3H3;1H2/t15-,16+,20-;/m0./s1. The number of nitriles is 2. The molecule has 0 saturated carbocycles. The predicted octanol–water partition coefficient (Wildman–Crippen LogP) is 2.89. The van der Waals surface area contributed by atoms with Crippen LogP contribution >= 0.6 is 34.8 Å². The van der Waals surface area contributed by atoms with Gasteiger partial charge in [-0.3, -0.25) is 14.9 Å². The highest BCUT2D eigenvalue weighted by Crippen LogP contribution is 2.54. The van der Waals surface area contributed by atoms with Crippen LogP contribution in [0.5, 0.6) is 0 Å². The summed E-state index contributed by atoms with van der Waals surface area (Å²) in [5.74, 6) is -3.89. The Morgan fingerprint density at radius 1 is 1.09 bits per heavy atom. The highest BCUT2D eigenvalue weighted by Gasteiger charge is 2.72. The van der Waals surface area contributed by atoms with E-state index >= 15 is 0 Å². The summed E-state index contributed by atoms with van der Waals surface area (Å²) in [7, 11) is 2.15. The Morgan fingerprint density at radius 3 is 2.06 bits per heavy atom. The van der Waals surface area contributed by atoms with Crippen LogP contribution in [0.4, 0.5) is 0 Å². The monoisotopic (exact) mass is 517 g/mol. The van der Waals surface area contributed by atoms with E-state index in [0.717, 1.165) is 14.2 Å². The van der Waals surface area contributed by atoms with Crippen LogP contribution in [-0.2, 0) is 28.6 Å². The molecule has 33 heavy (non-hydrogen) atoms. The minimum absolute atomic E-state index is 0.0265. The Balaban J connectivity index is 0.00000172. The fourth-order valence-corrected chi connectivity index (χ4v) is 3.94. The van der Waals surface area contributed by atoms with Crippen molar-refractivity contribution in [3.63, 3.8) is 0 Å². The summed E-state index contributed by atoms with van der Waals surface area (Å²) >= 11 is 15.5. The zero-order chi connectivity index (χ0) is 25.2. The molecule has 0 aromatic heterocycles. The van der Waals surface area contributed by atoms with Gasteiger partial charge in [0, 0.05) is 10.9 Å². The second-order valence-corrected chi connectivity index (χ2v) is 7.93. The number of nitrogens with zero attached hydrogens (tertiary/aromatic N) is 2. The molecule has 1 aromatic carbocycles. The molecule has 0 unspecified atom stereocenters. The molecule has 1 aliphatic rings. The maximum atomic E-state index is 12.9. The van der Waals surface area contributed by atoms with Crippen LogP contribution in [0.1, 0.15) is 24.8 Å². The van der Waals surface area contributed by atoms with Gasteiger partial charge in [-0.15, -0.1) is 23.2 Å². The van der Waals surface area contributed by atoms with Gasteiger partial charge in [0.25, 0.3) is 0 Å². The van der Waals surface area contributed by atoms with Crippen molar-refractivity contribution in [1.29, 1.82) is 10.5 Å². The quantitative estimate of drug-likeness (QED) is 0.342. The van der Waals surface area contributed by atoms with Gasteiger partial charge in [0.1, 0.15) is 6.04 Å². The van der Waals surface area contributed by atoms with Crippen LogP contribution in [0.25, 0.3) is 0 Å². The number of nitrogens with one attached hydrogen (secondary N) is 1. The molecular weight excluding hydrogens is 497 g/mol. The lowest BCUT2D eigenvalue weighted by atomic mass is 9.62. The van der Waals surface area contributed by atoms with Crippen molar-refractivity contribution in [3.05, 3.63) is 34.9 Å². The number of hydrogen-bond acceptors (Lipinski definition) is 9. The zero-order valence-electron chi connectivity index (χ0n) is 18.1. The number of ether oxygens (including phenoxy) is 3.